The zero-order valence-corrected chi connectivity index (χ0v) is 13.7. The Hall–Kier alpha value is -2.08. The molecule has 6 nitrogen and oxygen atoms in total. The lowest BCUT2D eigenvalue weighted by atomic mass is 9.75. The van der Waals surface area contributed by atoms with Crippen molar-refractivity contribution >= 4 is 11.9 Å². The van der Waals surface area contributed by atoms with Gasteiger partial charge in [0.1, 0.15) is 0 Å². The molecule has 0 spiro atoms. The SMILES string of the molecule is CCCNC(=O)N1[C@H](CO)[C@H](c2ccccc2)[C@H]1CNC(C)=O. The van der Waals surface area contributed by atoms with Gasteiger partial charge in [0.2, 0.25) is 5.91 Å². The molecule has 126 valence electrons. The lowest BCUT2D eigenvalue weighted by Gasteiger charge is -2.54. The Bertz CT molecular complexity index is 535. The van der Waals surface area contributed by atoms with E-state index in [-0.39, 0.29) is 36.5 Å². The van der Waals surface area contributed by atoms with Crippen LogP contribution >= 0.6 is 0 Å². The number of hydrogen-bond donors (Lipinski definition) is 3. The van der Waals surface area contributed by atoms with Gasteiger partial charge in [-0.25, -0.2) is 4.79 Å². The number of amides is 3. The van der Waals surface area contributed by atoms with E-state index in [0.29, 0.717) is 13.1 Å². The molecule has 1 saturated heterocycles. The summed E-state index contributed by atoms with van der Waals surface area (Å²) in [6.45, 7) is 4.32. The minimum Gasteiger partial charge on any atom is -0.394 e. The van der Waals surface area contributed by atoms with E-state index in [4.69, 9.17) is 0 Å². The number of nitrogens with one attached hydrogen (secondary N) is 2. The Morgan fingerprint density at radius 1 is 1.17 bits per heavy atom. The van der Waals surface area contributed by atoms with Crippen molar-refractivity contribution < 1.29 is 14.7 Å². The highest BCUT2D eigenvalue weighted by Crippen LogP contribution is 2.40. The molecule has 0 aliphatic carbocycles. The number of hydrogen-bond acceptors (Lipinski definition) is 3. The van der Waals surface area contributed by atoms with Gasteiger partial charge >= 0.3 is 6.03 Å². The van der Waals surface area contributed by atoms with Crippen LogP contribution in [-0.4, -0.2) is 53.7 Å². The first kappa shape index (κ1) is 17.3. The van der Waals surface area contributed by atoms with Gasteiger partial charge in [-0.05, 0) is 12.0 Å². The summed E-state index contributed by atoms with van der Waals surface area (Å²) >= 11 is 0. The van der Waals surface area contributed by atoms with Gasteiger partial charge in [0.15, 0.2) is 0 Å². The average molecular weight is 319 g/mol. The molecule has 0 saturated carbocycles. The molecule has 0 aromatic heterocycles. The van der Waals surface area contributed by atoms with Crippen LogP contribution in [0.1, 0.15) is 31.7 Å². The van der Waals surface area contributed by atoms with E-state index < -0.39 is 0 Å². The maximum atomic E-state index is 12.4. The number of aliphatic hydroxyl groups excluding tert-OH is 1. The van der Waals surface area contributed by atoms with Gasteiger partial charge < -0.3 is 20.6 Å². The quantitative estimate of drug-likeness (QED) is 0.733. The van der Waals surface area contributed by atoms with Crippen molar-refractivity contribution in [3.05, 3.63) is 35.9 Å². The zero-order valence-electron chi connectivity index (χ0n) is 13.7. The number of urea groups is 1. The summed E-state index contributed by atoms with van der Waals surface area (Å²) in [5.41, 5.74) is 1.07. The van der Waals surface area contributed by atoms with E-state index in [2.05, 4.69) is 10.6 Å². The van der Waals surface area contributed by atoms with Crippen LogP contribution in [0.3, 0.4) is 0 Å². The Labute approximate surface area is 136 Å². The van der Waals surface area contributed by atoms with Gasteiger partial charge in [-0.2, -0.15) is 0 Å². The fourth-order valence-corrected chi connectivity index (χ4v) is 3.17. The standard InChI is InChI=1S/C17H25N3O3/c1-3-9-18-17(23)20-14(10-19-12(2)22)16(15(20)11-21)13-7-5-4-6-8-13/h4-8,14-16,21H,3,9-11H2,1-2H3,(H,18,23)(H,19,22)/t14-,15-,16-/m1/s1. The van der Waals surface area contributed by atoms with Crippen molar-refractivity contribution in [1.82, 2.24) is 15.5 Å². The Morgan fingerprint density at radius 3 is 2.43 bits per heavy atom. The molecule has 1 aromatic rings. The van der Waals surface area contributed by atoms with Crippen LogP contribution in [0.15, 0.2) is 30.3 Å². The van der Waals surface area contributed by atoms with Gasteiger partial charge in [0.25, 0.3) is 0 Å². The lowest BCUT2D eigenvalue weighted by Crippen LogP contribution is -2.70. The van der Waals surface area contributed by atoms with Gasteiger partial charge in [0.05, 0.1) is 18.7 Å². The molecule has 0 bridgehead atoms. The summed E-state index contributed by atoms with van der Waals surface area (Å²) in [7, 11) is 0. The predicted octanol–water partition coefficient (Wildman–Crippen LogP) is 1.07. The second-order valence-electron chi connectivity index (χ2n) is 5.83. The zero-order chi connectivity index (χ0) is 16.8. The highest BCUT2D eigenvalue weighted by Gasteiger charge is 2.50. The minimum atomic E-state index is -0.270. The van der Waals surface area contributed by atoms with E-state index in [1.54, 1.807) is 4.90 Å². The molecule has 1 aliphatic rings. The van der Waals surface area contributed by atoms with E-state index in [9.17, 15) is 14.7 Å². The molecule has 6 heteroatoms. The number of benzene rings is 1. The molecule has 2 rings (SSSR count). The molecular weight excluding hydrogens is 294 g/mol. The summed E-state index contributed by atoms with van der Waals surface area (Å²) in [6, 6.07) is 9.20. The first-order valence-electron chi connectivity index (χ1n) is 8.06. The Morgan fingerprint density at radius 2 is 1.87 bits per heavy atom. The fourth-order valence-electron chi connectivity index (χ4n) is 3.17. The van der Waals surface area contributed by atoms with Crippen molar-refractivity contribution in [2.75, 3.05) is 19.7 Å². The molecule has 3 N–H and O–H groups in total. The number of rotatable bonds is 6. The molecule has 3 atom stereocenters. The monoisotopic (exact) mass is 319 g/mol. The highest BCUT2D eigenvalue weighted by atomic mass is 16.3. The topological polar surface area (TPSA) is 81.7 Å². The number of nitrogens with zero attached hydrogens (tertiary/aromatic N) is 1. The smallest absolute Gasteiger partial charge is 0.318 e. The predicted molar refractivity (Wildman–Crippen MR) is 88.1 cm³/mol. The Kier molecular flexibility index (Phi) is 5.98. The van der Waals surface area contributed by atoms with Crippen molar-refractivity contribution in [3.8, 4) is 0 Å². The fraction of sp³-hybridized carbons (Fsp3) is 0.529. The summed E-state index contributed by atoms with van der Waals surface area (Å²) in [4.78, 5) is 25.3. The van der Waals surface area contributed by atoms with Gasteiger partial charge in [-0.1, -0.05) is 37.3 Å². The van der Waals surface area contributed by atoms with E-state index >= 15 is 0 Å². The second kappa shape index (κ2) is 7.97. The van der Waals surface area contributed by atoms with Crippen LogP contribution in [0.4, 0.5) is 4.79 Å². The average Bonchev–Trinajstić information content (AvgIpc) is 2.53. The van der Waals surface area contributed by atoms with Gasteiger partial charge in [-0.3, -0.25) is 4.79 Å². The van der Waals surface area contributed by atoms with Crippen LogP contribution in [0, 0.1) is 0 Å². The first-order valence-corrected chi connectivity index (χ1v) is 8.06. The van der Waals surface area contributed by atoms with E-state index in [1.165, 1.54) is 6.92 Å². The third-order valence-corrected chi connectivity index (χ3v) is 4.24. The molecular formula is C17H25N3O3. The lowest BCUT2D eigenvalue weighted by molar-refractivity contribution is -0.119. The number of carbonyl (C=O) groups is 2. The van der Waals surface area contributed by atoms with Crippen molar-refractivity contribution in [2.24, 2.45) is 0 Å². The van der Waals surface area contributed by atoms with Crippen LogP contribution in [0.5, 0.6) is 0 Å². The molecule has 1 heterocycles. The minimum absolute atomic E-state index is 0.0143. The van der Waals surface area contributed by atoms with Gasteiger partial charge in [-0.15, -0.1) is 0 Å². The normalized spacial score (nSPS) is 23.1. The molecule has 3 amide bonds. The molecule has 23 heavy (non-hydrogen) atoms. The molecule has 1 aliphatic heterocycles. The summed E-state index contributed by atoms with van der Waals surface area (Å²) in [5.74, 6) is -0.112. The third kappa shape index (κ3) is 3.82. The van der Waals surface area contributed by atoms with E-state index in [0.717, 1.165) is 12.0 Å². The Balaban J connectivity index is 2.19. The number of carbonyl (C=O) groups excluding carboxylic acids is 2. The summed E-state index contributed by atoms with van der Waals surface area (Å²) in [6.07, 6.45) is 0.849. The number of aliphatic hydroxyl groups is 1. The molecule has 1 aromatic carbocycles. The largest absolute Gasteiger partial charge is 0.394 e. The van der Waals surface area contributed by atoms with Crippen molar-refractivity contribution in [2.45, 2.75) is 38.3 Å². The van der Waals surface area contributed by atoms with Gasteiger partial charge in [0, 0.05) is 25.9 Å². The van der Waals surface area contributed by atoms with E-state index in [1.807, 2.05) is 37.3 Å². The highest BCUT2D eigenvalue weighted by molar-refractivity contribution is 5.77. The van der Waals surface area contributed by atoms with Crippen LogP contribution in [0.25, 0.3) is 0 Å². The van der Waals surface area contributed by atoms with Crippen molar-refractivity contribution in [3.63, 3.8) is 0 Å². The number of likely N-dealkylation sites (tertiary alicyclic amines) is 1. The van der Waals surface area contributed by atoms with Crippen LogP contribution < -0.4 is 10.6 Å². The molecule has 1 fully saturated rings. The first-order chi connectivity index (χ1) is 11.1. The maximum absolute atomic E-state index is 12.4. The summed E-state index contributed by atoms with van der Waals surface area (Å²) < 4.78 is 0. The van der Waals surface area contributed by atoms with Crippen molar-refractivity contribution in [1.29, 1.82) is 0 Å². The molecule has 0 unspecified atom stereocenters. The second-order valence-corrected chi connectivity index (χ2v) is 5.83. The van der Waals surface area contributed by atoms with Crippen LogP contribution in [0.2, 0.25) is 0 Å². The molecule has 0 radical (unpaired) electrons. The third-order valence-electron chi connectivity index (χ3n) is 4.24. The summed E-state index contributed by atoms with van der Waals surface area (Å²) in [5, 5.41) is 15.4. The van der Waals surface area contributed by atoms with Crippen LogP contribution in [-0.2, 0) is 4.79 Å². The maximum Gasteiger partial charge on any atom is 0.318 e.